The Kier molecular flexibility index (Phi) is 2.93. The molecule has 0 aromatic carbocycles. The van der Waals surface area contributed by atoms with Gasteiger partial charge in [-0.2, -0.15) is 5.10 Å². The van der Waals surface area contributed by atoms with Crippen molar-refractivity contribution in [1.82, 2.24) is 15.2 Å². The number of nitrogens with one attached hydrogen (secondary N) is 1. The van der Waals surface area contributed by atoms with Crippen LogP contribution < -0.4 is 0 Å². The molecule has 0 spiro atoms. The molecule has 2 rings (SSSR count). The summed E-state index contributed by atoms with van der Waals surface area (Å²) in [6.45, 7) is 2.12. The molecular formula is C12H13N3. The SMILES string of the molecule is CC/C=C/c1cnccc1-c1cn[nH]c1. The van der Waals surface area contributed by atoms with E-state index in [2.05, 4.69) is 34.3 Å². The van der Waals surface area contributed by atoms with E-state index in [4.69, 9.17) is 0 Å². The summed E-state index contributed by atoms with van der Waals surface area (Å²) in [7, 11) is 0. The van der Waals surface area contributed by atoms with E-state index in [9.17, 15) is 0 Å². The summed E-state index contributed by atoms with van der Waals surface area (Å²) >= 11 is 0. The van der Waals surface area contributed by atoms with E-state index in [1.807, 2.05) is 24.7 Å². The molecule has 2 aromatic heterocycles. The van der Waals surface area contributed by atoms with Crippen LogP contribution in [0.25, 0.3) is 17.2 Å². The number of aromatic nitrogens is 3. The minimum atomic E-state index is 1.03. The van der Waals surface area contributed by atoms with Crippen LogP contribution in [-0.2, 0) is 0 Å². The Labute approximate surface area is 88.9 Å². The Hall–Kier alpha value is -1.90. The predicted molar refractivity (Wildman–Crippen MR) is 61.1 cm³/mol. The van der Waals surface area contributed by atoms with Crippen molar-refractivity contribution >= 4 is 6.08 Å². The zero-order chi connectivity index (χ0) is 10.5. The summed E-state index contributed by atoms with van der Waals surface area (Å²) in [5.74, 6) is 0. The lowest BCUT2D eigenvalue weighted by atomic mass is 10.0. The van der Waals surface area contributed by atoms with Crippen molar-refractivity contribution in [2.45, 2.75) is 13.3 Å². The molecule has 2 aromatic rings. The van der Waals surface area contributed by atoms with Crippen LogP contribution in [0.3, 0.4) is 0 Å². The number of pyridine rings is 1. The first-order valence-electron chi connectivity index (χ1n) is 5.01. The van der Waals surface area contributed by atoms with Gasteiger partial charge in [0.05, 0.1) is 6.20 Å². The first-order chi connectivity index (χ1) is 7.42. The molecule has 76 valence electrons. The highest BCUT2D eigenvalue weighted by molar-refractivity contribution is 5.73. The van der Waals surface area contributed by atoms with Gasteiger partial charge >= 0.3 is 0 Å². The van der Waals surface area contributed by atoms with Crippen LogP contribution >= 0.6 is 0 Å². The third kappa shape index (κ3) is 2.13. The van der Waals surface area contributed by atoms with Crippen LogP contribution in [-0.4, -0.2) is 15.2 Å². The Balaban J connectivity index is 2.43. The Bertz CT molecular complexity index is 444. The first kappa shape index (κ1) is 9.65. The normalized spacial score (nSPS) is 11.0. The molecule has 0 fully saturated rings. The van der Waals surface area contributed by atoms with Gasteiger partial charge in [-0.1, -0.05) is 19.1 Å². The molecule has 3 heteroatoms. The molecule has 0 unspecified atom stereocenters. The quantitative estimate of drug-likeness (QED) is 0.825. The number of rotatable bonds is 3. The van der Waals surface area contributed by atoms with E-state index in [1.54, 1.807) is 6.20 Å². The smallest absolute Gasteiger partial charge is 0.0566 e. The molecule has 0 aliphatic heterocycles. The van der Waals surface area contributed by atoms with E-state index in [1.165, 1.54) is 0 Å². The maximum atomic E-state index is 4.13. The Morgan fingerprint density at radius 1 is 1.40 bits per heavy atom. The lowest BCUT2D eigenvalue weighted by molar-refractivity contribution is 1.09. The highest BCUT2D eigenvalue weighted by Gasteiger charge is 2.02. The van der Waals surface area contributed by atoms with E-state index >= 15 is 0 Å². The molecule has 15 heavy (non-hydrogen) atoms. The van der Waals surface area contributed by atoms with Crippen molar-refractivity contribution in [3.8, 4) is 11.1 Å². The van der Waals surface area contributed by atoms with Gasteiger partial charge in [-0.05, 0) is 18.1 Å². The van der Waals surface area contributed by atoms with Crippen molar-refractivity contribution in [1.29, 1.82) is 0 Å². The van der Waals surface area contributed by atoms with Crippen LogP contribution in [0.4, 0.5) is 0 Å². The summed E-state index contributed by atoms with van der Waals surface area (Å²) in [5, 5.41) is 6.77. The Morgan fingerprint density at radius 2 is 2.33 bits per heavy atom. The molecule has 0 bridgehead atoms. The average Bonchev–Trinajstić information content (AvgIpc) is 2.80. The summed E-state index contributed by atoms with van der Waals surface area (Å²) in [6, 6.07) is 2.00. The molecule has 0 saturated heterocycles. The van der Waals surface area contributed by atoms with E-state index in [-0.39, 0.29) is 0 Å². The zero-order valence-electron chi connectivity index (χ0n) is 8.64. The fourth-order valence-electron chi connectivity index (χ4n) is 1.45. The number of nitrogens with zero attached hydrogens (tertiary/aromatic N) is 2. The average molecular weight is 199 g/mol. The van der Waals surface area contributed by atoms with Crippen LogP contribution in [0.1, 0.15) is 18.9 Å². The van der Waals surface area contributed by atoms with Gasteiger partial charge in [0.1, 0.15) is 0 Å². The highest BCUT2D eigenvalue weighted by atomic mass is 15.1. The van der Waals surface area contributed by atoms with E-state index in [0.717, 1.165) is 23.1 Å². The monoisotopic (exact) mass is 199 g/mol. The van der Waals surface area contributed by atoms with Crippen molar-refractivity contribution in [3.05, 3.63) is 42.5 Å². The standard InChI is InChI=1S/C12H13N3/c1-2-3-4-10-7-13-6-5-12(10)11-8-14-15-9-11/h3-9H,2H2,1H3,(H,14,15)/b4-3+. The summed E-state index contributed by atoms with van der Waals surface area (Å²) in [6.07, 6.45) is 12.6. The number of H-pyrrole nitrogens is 1. The molecule has 3 nitrogen and oxygen atoms in total. The van der Waals surface area contributed by atoms with Gasteiger partial charge in [-0.25, -0.2) is 0 Å². The van der Waals surface area contributed by atoms with Crippen molar-refractivity contribution < 1.29 is 0 Å². The molecule has 0 amide bonds. The number of allylic oxidation sites excluding steroid dienone is 1. The molecule has 1 N–H and O–H groups in total. The van der Waals surface area contributed by atoms with Crippen LogP contribution in [0.5, 0.6) is 0 Å². The molecule has 0 atom stereocenters. The predicted octanol–water partition coefficient (Wildman–Crippen LogP) is 2.89. The third-order valence-corrected chi connectivity index (χ3v) is 2.19. The number of aromatic amines is 1. The van der Waals surface area contributed by atoms with Crippen LogP contribution in [0, 0.1) is 0 Å². The zero-order valence-corrected chi connectivity index (χ0v) is 8.64. The van der Waals surface area contributed by atoms with Gasteiger partial charge in [0.15, 0.2) is 0 Å². The fourth-order valence-corrected chi connectivity index (χ4v) is 1.45. The summed E-state index contributed by atoms with van der Waals surface area (Å²) < 4.78 is 0. The van der Waals surface area contributed by atoms with Crippen LogP contribution in [0.2, 0.25) is 0 Å². The molecule has 0 saturated carbocycles. The van der Waals surface area contributed by atoms with Gasteiger partial charge in [-0.15, -0.1) is 0 Å². The third-order valence-electron chi connectivity index (χ3n) is 2.19. The van der Waals surface area contributed by atoms with Gasteiger partial charge in [0, 0.05) is 29.7 Å². The lowest BCUT2D eigenvalue weighted by Crippen LogP contribution is -1.82. The minimum Gasteiger partial charge on any atom is -0.285 e. The van der Waals surface area contributed by atoms with Gasteiger partial charge in [0.2, 0.25) is 0 Å². The van der Waals surface area contributed by atoms with Crippen molar-refractivity contribution in [3.63, 3.8) is 0 Å². The molecule has 0 aliphatic rings. The van der Waals surface area contributed by atoms with Gasteiger partial charge in [-0.3, -0.25) is 10.1 Å². The molecule has 0 aliphatic carbocycles. The minimum absolute atomic E-state index is 1.03. The molecular weight excluding hydrogens is 186 g/mol. The highest BCUT2D eigenvalue weighted by Crippen LogP contribution is 2.22. The van der Waals surface area contributed by atoms with E-state index < -0.39 is 0 Å². The van der Waals surface area contributed by atoms with E-state index in [0.29, 0.717) is 0 Å². The number of hydrogen-bond donors (Lipinski definition) is 1. The first-order valence-corrected chi connectivity index (χ1v) is 5.01. The van der Waals surface area contributed by atoms with Gasteiger partial charge in [0.25, 0.3) is 0 Å². The fraction of sp³-hybridized carbons (Fsp3) is 0.167. The van der Waals surface area contributed by atoms with Crippen LogP contribution in [0.15, 0.2) is 36.9 Å². The summed E-state index contributed by atoms with van der Waals surface area (Å²) in [5.41, 5.74) is 3.37. The largest absolute Gasteiger partial charge is 0.285 e. The molecule has 0 radical (unpaired) electrons. The molecule has 2 heterocycles. The summed E-state index contributed by atoms with van der Waals surface area (Å²) in [4.78, 5) is 4.13. The van der Waals surface area contributed by atoms with Gasteiger partial charge < -0.3 is 0 Å². The van der Waals surface area contributed by atoms with Crippen molar-refractivity contribution in [2.24, 2.45) is 0 Å². The second-order valence-electron chi connectivity index (χ2n) is 3.26. The topological polar surface area (TPSA) is 41.6 Å². The van der Waals surface area contributed by atoms with Crippen molar-refractivity contribution in [2.75, 3.05) is 0 Å². The second kappa shape index (κ2) is 4.55. The lowest BCUT2D eigenvalue weighted by Gasteiger charge is -2.01. The maximum absolute atomic E-state index is 4.13. The second-order valence-corrected chi connectivity index (χ2v) is 3.26. The number of hydrogen-bond acceptors (Lipinski definition) is 2. The Morgan fingerprint density at radius 3 is 3.07 bits per heavy atom. The maximum Gasteiger partial charge on any atom is 0.0566 e.